The van der Waals surface area contributed by atoms with Gasteiger partial charge in [-0.1, -0.05) is 13.3 Å². The van der Waals surface area contributed by atoms with Crippen molar-refractivity contribution in [1.29, 1.82) is 0 Å². The lowest BCUT2D eigenvalue weighted by Crippen LogP contribution is -2.52. The summed E-state index contributed by atoms with van der Waals surface area (Å²) in [5, 5.41) is 0. The molecule has 0 N–H and O–H groups in total. The Kier molecular flexibility index (Phi) is 5.03. The van der Waals surface area contributed by atoms with Crippen molar-refractivity contribution in [3.05, 3.63) is 0 Å². The summed E-state index contributed by atoms with van der Waals surface area (Å²) in [5.41, 5.74) is 0.251. The second kappa shape index (κ2) is 6.81. The van der Waals surface area contributed by atoms with Crippen LogP contribution in [0.15, 0.2) is 0 Å². The molecule has 4 saturated carbocycles. The van der Waals surface area contributed by atoms with Gasteiger partial charge in [-0.05, 0) is 75.5 Å². The summed E-state index contributed by atoms with van der Waals surface area (Å²) in [6, 6.07) is 0. The number of ether oxygens (including phenoxy) is 1. The maximum absolute atomic E-state index is 11.6. The lowest BCUT2D eigenvalue weighted by Gasteiger charge is -2.56. The van der Waals surface area contributed by atoms with Crippen LogP contribution in [0.5, 0.6) is 0 Å². The first-order chi connectivity index (χ1) is 10.2. The summed E-state index contributed by atoms with van der Waals surface area (Å²) in [6.07, 6.45) is 14.3. The molecule has 0 saturated heterocycles. The highest BCUT2D eigenvalue weighted by atomic mass is 16.5. The van der Waals surface area contributed by atoms with E-state index < -0.39 is 0 Å². The molecule has 0 aromatic carbocycles. The zero-order chi connectivity index (χ0) is 14.7. The molecule has 4 fully saturated rings. The summed E-state index contributed by atoms with van der Waals surface area (Å²) in [6.45, 7) is 3.03. The first-order valence-corrected chi connectivity index (χ1v) is 9.35. The maximum Gasteiger partial charge on any atom is 0.132 e. The quantitative estimate of drug-likeness (QED) is 0.565. The Morgan fingerprint density at radius 1 is 0.952 bits per heavy atom. The van der Waals surface area contributed by atoms with Crippen LogP contribution in [0.25, 0.3) is 0 Å². The van der Waals surface area contributed by atoms with Crippen LogP contribution in [-0.2, 0) is 9.53 Å². The lowest BCUT2D eigenvalue weighted by atomic mass is 9.54. The number of ketones is 1. The fourth-order valence-corrected chi connectivity index (χ4v) is 5.42. The largest absolute Gasteiger partial charge is 0.375 e. The van der Waals surface area contributed by atoms with E-state index in [0.717, 1.165) is 62.9 Å². The van der Waals surface area contributed by atoms with Crippen LogP contribution in [0.4, 0.5) is 0 Å². The molecule has 4 bridgehead atoms. The summed E-state index contributed by atoms with van der Waals surface area (Å²) in [7, 11) is 0. The van der Waals surface area contributed by atoms with Crippen LogP contribution in [0.1, 0.15) is 84.0 Å². The molecular formula is C19H32O2. The molecule has 4 rings (SSSR count). The van der Waals surface area contributed by atoms with Crippen molar-refractivity contribution in [1.82, 2.24) is 0 Å². The summed E-state index contributed by atoms with van der Waals surface area (Å²) in [5.74, 6) is 3.34. The van der Waals surface area contributed by atoms with E-state index in [9.17, 15) is 4.79 Å². The molecule has 21 heavy (non-hydrogen) atoms. The minimum Gasteiger partial charge on any atom is -0.375 e. The standard InChI is InChI=1S/C19H32O2/c1-2-3-6-18(20)7-4-5-8-21-19-12-15-9-16(13-19)11-17(10-15)14-19/h15-17H,2-14H2,1H3. The highest BCUT2D eigenvalue weighted by Gasteiger charge is 2.51. The van der Waals surface area contributed by atoms with E-state index in [1.165, 1.54) is 38.5 Å². The normalized spacial score (nSPS) is 37.1. The SMILES string of the molecule is CCCCC(=O)CCCCOC12CC3CC(CC(C3)C1)C2. The van der Waals surface area contributed by atoms with E-state index in [4.69, 9.17) is 4.74 Å². The van der Waals surface area contributed by atoms with Gasteiger partial charge in [0.05, 0.1) is 5.60 Å². The highest BCUT2D eigenvalue weighted by molar-refractivity contribution is 5.78. The summed E-state index contributed by atoms with van der Waals surface area (Å²) in [4.78, 5) is 11.6. The third kappa shape index (κ3) is 3.88. The number of carbonyl (C=O) groups excluding carboxylic acids is 1. The molecule has 4 aliphatic rings. The molecule has 0 aromatic rings. The number of rotatable bonds is 9. The van der Waals surface area contributed by atoms with Gasteiger partial charge in [0, 0.05) is 19.4 Å². The zero-order valence-electron chi connectivity index (χ0n) is 13.7. The van der Waals surface area contributed by atoms with Crippen molar-refractivity contribution in [2.24, 2.45) is 17.8 Å². The van der Waals surface area contributed by atoms with Crippen LogP contribution in [0.3, 0.4) is 0 Å². The van der Waals surface area contributed by atoms with Crippen molar-refractivity contribution < 1.29 is 9.53 Å². The van der Waals surface area contributed by atoms with E-state index in [-0.39, 0.29) is 5.60 Å². The van der Waals surface area contributed by atoms with Crippen molar-refractivity contribution >= 4 is 5.78 Å². The molecule has 0 unspecified atom stereocenters. The van der Waals surface area contributed by atoms with Crippen molar-refractivity contribution in [3.8, 4) is 0 Å². The topological polar surface area (TPSA) is 26.3 Å². The molecule has 2 nitrogen and oxygen atoms in total. The number of carbonyl (C=O) groups is 1. The first-order valence-electron chi connectivity index (χ1n) is 9.35. The van der Waals surface area contributed by atoms with Gasteiger partial charge in [-0.15, -0.1) is 0 Å². The monoisotopic (exact) mass is 292 g/mol. The zero-order valence-corrected chi connectivity index (χ0v) is 13.7. The summed E-state index contributed by atoms with van der Waals surface area (Å²) < 4.78 is 6.39. The van der Waals surface area contributed by atoms with Gasteiger partial charge >= 0.3 is 0 Å². The minimum absolute atomic E-state index is 0.251. The van der Waals surface area contributed by atoms with Gasteiger partial charge < -0.3 is 4.74 Å². The average Bonchev–Trinajstić information content (AvgIpc) is 2.43. The van der Waals surface area contributed by atoms with Gasteiger partial charge in [0.25, 0.3) is 0 Å². The number of unbranched alkanes of at least 4 members (excludes halogenated alkanes) is 2. The Hall–Kier alpha value is -0.370. The highest BCUT2D eigenvalue weighted by Crippen LogP contribution is 2.57. The molecule has 0 amide bonds. The predicted molar refractivity (Wildman–Crippen MR) is 85.2 cm³/mol. The molecular weight excluding hydrogens is 260 g/mol. The average molecular weight is 292 g/mol. The molecule has 0 spiro atoms. The summed E-state index contributed by atoms with van der Waals surface area (Å²) >= 11 is 0. The van der Waals surface area contributed by atoms with Crippen molar-refractivity contribution in [2.45, 2.75) is 89.6 Å². The Labute approximate surface area is 130 Å². The third-order valence-electron chi connectivity index (χ3n) is 6.05. The maximum atomic E-state index is 11.6. The van der Waals surface area contributed by atoms with Crippen LogP contribution < -0.4 is 0 Å². The van der Waals surface area contributed by atoms with E-state index in [2.05, 4.69) is 6.92 Å². The number of hydrogen-bond acceptors (Lipinski definition) is 2. The fourth-order valence-electron chi connectivity index (χ4n) is 5.42. The van der Waals surface area contributed by atoms with Gasteiger partial charge in [-0.2, -0.15) is 0 Å². The van der Waals surface area contributed by atoms with Crippen LogP contribution in [0.2, 0.25) is 0 Å². The molecule has 2 heteroatoms. The second-order valence-corrected chi connectivity index (χ2v) is 8.05. The van der Waals surface area contributed by atoms with Gasteiger partial charge in [0.15, 0.2) is 0 Å². The van der Waals surface area contributed by atoms with Crippen molar-refractivity contribution in [2.75, 3.05) is 6.61 Å². The number of hydrogen-bond donors (Lipinski definition) is 0. The van der Waals surface area contributed by atoms with E-state index in [1.807, 2.05) is 0 Å². The Balaban J connectivity index is 1.33. The third-order valence-corrected chi connectivity index (χ3v) is 6.05. The van der Waals surface area contributed by atoms with Crippen molar-refractivity contribution in [3.63, 3.8) is 0 Å². The first kappa shape index (κ1) is 15.5. The molecule has 120 valence electrons. The van der Waals surface area contributed by atoms with Gasteiger partial charge in [-0.3, -0.25) is 4.79 Å². The minimum atomic E-state index is 0.251. The lowest BCUT2D eigenvalue weighted by molar-refractivity contribution is -0.162. The van der Waals surface area contributed by atoms with Crippen LogP contribution in [0, 0.1) is 17.8 Å². The molecule has 0 aliphatic heterocycles. The van der Waals surface area contributed by atoms with Gasteiger partial charge in [-0.25, -0.2) is 0 Å². The Morgan fingerprint density at radius 2 is 1.52 bits per heavy atom. The molecule has 0 aromatic heterocycles. The molecule has 0 heterocycles. The smallest absolute Gasteiger partial charge is 0.132 e. The van der Waals surface area contributed by atoms with Gasteiger partial charge in [0.1, 0.15) is 5.78 Å². The van der Waals surface area contributed by atoms with Crippen LogP contribution in [-0.4, -0.2) is 18.0 Å². The Morgan fingerprint density at radius 3 is 2.10 bits per heavy atom. The predicted octanol–water partition coefficient (Wildman–Crippen LogP) is 4.90. The Bertz CT molecular complexity index is 325. The number of Topliss-reactive ketones (excluding diaryl/α,β-unsaturated/α-hetero) is 1. The van der Waals surface area contributed by atoms with E-state index in [1.54, 1.807) is 0 Å². The molecule has 0 radical (unpaired) electrons. The molecule has 4 aliphatic carbocycles. The molecule has 0 atom stereocenters. The fraction of sp³-hybridized carbons (Fsp3) is 0.947. The van der Waals surface area contributed by atoms with Crippen LogP contribution >= 0.6 is 0 Å². The van der Waals surface area contributed by atoms with Gasteiger partial charge in [0.2, 0.25) is 0 Å². The second-order valence-electron chi connectivity index (χ2n) is 8.05. The van der Waals surface area contributed by atoms with E-state index >= 15 is 0 Å². The van der Waals surface area contributed by atoms with E-state index in [0.29, 0.717) is 5.78 Å².